The highest BCUT2D eigenvalue weighted by molar-refractivity contribution is 5.81. The molecule has 2 rings (SSSR count). The minimum absolute atomic E-state index is 0.218. The van der Waals surface area contributed by atoms with E-state index in [-0.39, 0.29) is 11.3 Å². The van der Waals surface area contributed by atoms with Crippen molar-refractivity contribution in [3.8, 4) is 0 Å². The molecule has 1 saturated heterocycles. The fourth-order valence-corrected chi connectivity index (χ4v) is 2.36. The number of nitrogens with zero attached hydrogens (tertiary/aromatic N) is 5. The van der Waals surface area contributed by atoms with Gasteiger partial charge in [0.2, 0.25) is 5.91 Å². The Hall–Kier alpha value is -1.85. The van der Waals surface area contributed by atoms with Crippen LogP contribution in [0.1, 0.15) is 20.8 Å². The Bertz CT molecular complexity index is 501. The van der Waals surface area contributed by atoms with Crippen molar-refractivity contribution in [2.75, 3.05) is 50.1 Å². The van der Waals surface area contributed by atoms with Gasteiger partial charge in [-0.25, -0.2) is 0 Å². The van der Waals surface area contributed by atoms with Gasteiger partial charge in [-0.1, -0.05) is 20.8 Å². The summed E-state index contributed by atoms with van der Waals surface area (Å²) in [7, 11) is 3.97. The van der Waals surface area contributed by atoms with Gasteiger partial charge in [0.05, 0.1) is 11.9 Å². The molecule has 0 N–H and O–H groups in total. The predicted octanol–water partition coefficient (Wildman–Crippen LogP) is 1.24. The number of hydrogen-bond acceptors (Lipinski definition) is 5. The zero-order valence-electron chi connectivity index (χ0n) is 13.6. The van der Waals surface area contributed by atoms with Gasteiger partial charge in [-0.15, -0.1) is 5.10 Å². The normalized spacial score (nSPS) is 16.0. The third-order valence-corrected chi connectivity index (χ3v) is 3.68. The Morgan fingerprint density at radius 1 is 1.19 bits per heavy atom. The van der Waals surface area contributed by atoms with Gasteiger partial charge in [-0.3, -0.25) is 4.79 Å². The van der Waals surface area contributed by atoms with Crippen LogP contribution in [0.15, 0.2) is 12.3 Å². The van der Waals surface area contributed by atoms with Crippen molar-refractivity contribution in [3.05, 3.63) is 12.3 Å². The van der Waals surface area contributed by atoms with Crippen LogP contribution in [0.2, 0.25) is 0 Å². The third-order valence-electron chi connectivity index (χ3n) is 3.68. The first-order valence-electron chi connectivity index (χ1n) is 7.33. The molecule has 0 spiro atoms. The lowest BCUT2D eigenvalue weighted by Crippen LogP contribution is -2.51. The second-order valence-corrected chi connectivity index (χ2v) is 6.70. The minimum Gasteiger partial charge on any atom is -0.376 e. The van der Waals surface area contributed by atoms with Crippen LogP contribution in [0.4, 0.5) is 11.5 Å². The van der Waals surface area contributed by atoms with Crippen molar-refractivity contribution >= 4 is 17.4 Å². The maximum atomic E-state index is 12.3. The van der Waals surface area contributed by atoms with E-state index in [1.807, 2.05) is 50.7 Å². The largest absolute Gasteiger partial charge is 0.376 e. The second-order valence-electron chi connectivity index (χ2n) is 6.70. The van der Waals surface area contributed by atoms with E-state index >= 15 is 0 Å². The lowest BCUT2D eigenvalue weighted by Gasteiger charge is -2.38. The number of amides is 1. The zero-order chi connectivity index (χ0) is 15.6. The number of anilines is 2. The van der Waals surface area contributed by atoms with Gasteiger partial charge < -0.3 is 14.7 Å². The molecule has 0 atom stereocenters. The number of carbonyl (C=O) groups excluding carboxylic acids is 1. The first kappa shape index (κ1) is 15.5. The van der Waals surface area contributed by atoms with E-state index in [0.29, 0.717) is 0 Å². The summed E-state index contributed by atoms with van der Waals surface area (Å²) < 4.78 is 0. The monoisotopic (exact) mass is 291 g/mol. The highest BCUT2D eigenvalue weighted by atomic mass is 16.2. The summed E-state index contributed by atoms with van der Waals surface area (Å²) >= 11 is 0. The van der Waals surface area contributed by atoms with Crippen molar-refractivity contribution in [1.29, 1.82) is 0 Å². The lowest BCUT2D eigenvalue weighted by molar-refractivity contribution is -0.139. The molecule has 1 fully saturated rings. The summed E-state index contributed by atoms with van der Waals surface area (Å²) in [6, 6.07) is 2.04. The van der Waals surface area contributed by atoms with Crippen molar-refractivity contribution < 1.29 is 4.79 Å². The Balaban J connectivity index is 2.01. The summed E-state index contributed by atoms with van der Waals surface area (Å²) in [6.45, 7) is 8.98. The van der Waals surface area contributed by atoms with Crippen LogP contribution in [0.25, 0.3) is 0 Å². The van der Waals surface area contributed by atoms with Crippen LogP contribution < -0.4 is 9.80 Å². The van der Waals surface area contributed by atoms with Gasteiger partial charge in [0.25, 0.3) is 0 Å². The standard InChI is InChI=1S/C15H25N5O/c1-15(2,3)14(21)20-8-6-19(7-9-20)13-10-12(18(4)5)11-16-17-13/h10-11H,6-9H2,1-5H3. The summed E-state index contributed by atoms with van der Waals surface area (Å²) in [5.74, 6) is 1.10. The topological polar surface area (TPSA) is 52.6 Å². The molecule has 1 amide bonds. The Kier molecular flexibility index (Phi) is 4.34. The van der Waals surface area contributed by atoms with Crippen LogP contribution in [0, 0.1) is 5.41 Å². The molecule has 0 unspecified atom stereocenters. The van der Waals surface area contributed by atoms with E-state index in [1.165, 1.54) is 0 Å². The maximum absolute atomic E-state index is 12.3. The molecule has 0 saturated carbocycles. The average molecular weight is 291 g/mol. The fourth-order valence-electron chi connectivity index (χ4n) is 2.36. The highest BCUT2D eigenvalue weighted by Crippen LogP contribution is 2.21. The zero-order valence-corrected chi connectivity index (χ0v) is 13.6. The van der Waals surface area contributed by atoms with Crippen molar-refractivity contribution in [3.63, 3.8) is 0 Å². The van der Waals surface area contributed by atoms with Crippen LogP contribution >= 0.6 is 0 Å². The molecular formula is C15H25N5O. The molecular weight excluding hydrogens is 266 g/mol. The first-order chi connectivity index (χ1) is 9.79. The van der Waals surface area contributed by atoms with E-state index in [4.69, 9.17) is 0 Å². The van der Waals surface area contributed by atoms with E-state index in [0.717, 1.165) is 37.7 Å². The predicted molar refractivity (Wildman–Crippen MR) is 84.6 cm³/mol. The number of aromatic nitrogens is 2. The SMILES string of the molecule is CN(C)c1cnnc(N2CCN(C(=O)C(C)(C)C)CC2)c1. The molecule has 21 heavy (non-hydrogen) atoms. The number of carbonyl (C=O) groups is 1. The second kappa shape index (κ2) is 5.87. The molecule has 0 aliphatic carbocycles. The van der Waals surface area contributed by atoms with Crippen LogP contribution in [-0.2, 0) is 4.79 Å². The third kappa shape index (κ3) is 3.62. The minimum atomic E-state index is -0.313. The van der Waals surface area contributed by atoms with Gasteiger partial charge in [0.1, 0.15) is 0 Å². The highest BCUT2D eigenvalue weighted by Gasteiger charge is 2.30. The van der Waals surface area contributed by atoms with Crippen LogP contribution in [-0.4, -0.2) is 61.3 Å². The van der Waals surface area contributed by atoms with Gasteiger partial charge in [0, 0.05) is 51.8 Å². The molecule has 1 aliphatic heterocycles. The number of hydrogen-bond donors (Lipinski definition) is 0. The van der Waals surface area contributed by atoms with E-state index in [2.05, 4.69) is 15.1 Å². The molecule has 2 heterocycles. The summed E-state index contributed by atoms with van der Waals surface area (Å²) in [5, 5.41) is 8.27. The number of piperazine rings is 1. The van der Waals surface area contributed by atoms with Crippen LogP contribution in [0.5, 0.6) is 0 Å². The first-order valence-corrected chi connectivity index (χ1v) is 7.33. The summed E-state index contributed by atoms with van der Waals surface area (Å²) in [5.41, 5.74) is 0.723. The quantitative estimate of drug-likeness (QED) is 0.820. The Morgan fingerprint density at radius 3 is 2.33 bits per heavy atom. The molecule has 1 aromatic rings. The van der Waals surface area contributed by atoms with Crippen LogP contribution in [0.3, 0.4) is 0 Å². The molecule has 0 bridgehead atoms. The summed E-state index contributed by atoms with van der Waals surface area (Å²) in [4.78, 5) is 18.4. The molecule has 0 radical (unpaired) electrons. The molecule has 116 valence electrons. The molecule has 1 aromatic heterocycles. The average Bonchev–Trinajstić information content (AvgIpc) is 2.46. The van der Waals surface area contributed by atoms with E-state index < -0.39 is 0 Å². The molecule has 6 heteroatoms. The van der Waals surface area contributed by atoms with Gasteiger partial charge >= 0.3 is 0 Å². The fraction of sp³-hybridized carbons (Fsp3) is 0.667. The molecule has 1 aliphatic rings. The lowest BCUT2D eigenvalue weighted by atomic mass is 9.94. The van der Waals surface area contributed by atoms with Gasteiger partial charge in [-0.2, -0.15) is 5.10 Å². The molecule has 6 nitrogen and oxygen atoms in total. The van der Waals surface area contributed by atoms with Gasteiger partial charge in [0.15, 0.2) is 5.82 Å². The number of rotatable bonds is 2. The smallest absolute Gasteiger partial charge is 0.228 e. The summed E-state index contributed by atoms with van der Waals surface area (Å²) in [6.07, 6.45) is 1.75. The Morgan fingerprint density at radius 2 is 1.81 bits per heavy atom. The Labute approximate surface area is 126 Å². The van der Waals surface area contributed by atoms with E-state index in [1.54, 1.807) is 6.20 Å². The van der Waals surface area contributed by atoms with Crippen molar-refractivity contribution in [2.24, 2.45) is 5.41 Å². The van der Waals surface area contributed by atoms with Gasteiger partial charge in [-0.05, 0) is 0 Å². The maximum Gasteiger partial charge on any atom is 0.228 e. The van der Waals surface area contributed by atoms with Crippen molar-refractivity contribution in [2.45, 2.75) is 20.8 Å². The van der Waals surface area contributed by atoms with E-state index in [9.17, 15) is 4.79 Å². The van der Waals surface area contributed by atoms with Crippen molar-refractivity contribution in [1.82, 2.24) is 15.1 Å². The molecule has 0 aromatic carbocycles.